The first-order valence-electron chi connectivity index (χ1n) is 12.3. The molecule has 13 heteroatoms. The number of nitrogens with one attached hydrogen (secondary N) is 1. The molecule has 0 unspecified atom stereocenters. The Balaban J connectivity index is 0.000000708. The molecule has 0 saturated heterocycles. The molecule has 2 aromatic carbocycles. The summed E-state index contributed by atoms with van der Waals surface area (Å²) in [4.78, 5) is 38.2. The first-order valence-corrected chi connectivity index (χ1v) is 12.3. The number of amides is 1. The average Bonchev–Trinajstić information content (AvgIpc) is 3.44. The van der Waals surface area contributed by atoms with Crippen LogP contribution >= 0.6 is 0 Å². The Bertz CT molecular complexity index is 1210. The Morgan fingerprint density at radius 3 is 2.12 bits per heavy atom. The summed E-state index contributed by atoms with van der Waals surface area (Å²) >= 11 is 0. The summed E-state index contributed by atoms with van der Waals surface area (Å²) in [5, 5.41) is 10.0. The zero-order chi connectivity index (χ0) is 29.5. The van der Waals surface area contributed by atoms with Crippen LogP contribution in [-0.4, -0.2) is 46.7 Å². The topological polar surface area (TPSA) is 171 Å². The van der Waals surface area contributed by atoms with Gasteiger partial charge in [-0.2, -0.15) is 13.2 Å². The van der Waals surface area contributed by atoms with Gasteiger partial charge in [-0.15, -0.1) is 0 Å². The Morgan fingerprint density at radius 1 is 1.00 bits per heavy atom. The largest absolute Gasteiger partial charge is 0.490 e. The van der Waals surface area contributed by atoms with Crippen molar-refractivity contribution in [1.82, 2.24) is 10.3 Å². The number of carboxylic acids is 1. The molecule has 0 aliphatic rings. The summed E-state index contributed by atoms with van der Waals surface area (Å²) in [5.74, 6) is -3.43. The van der Waals surface area contributed by atoms with E-state index in [-0.39, 0.29) is 24.1 Å². The van der Waals surface area contributed by atoms with Crippen molar-refractivity contribution >= 4 is 17.8 Å². The first kappa shape index (κ1) is 32.0. The number of halogens is 3. The summed E-state index contributed by atoms with van der Waals surface area (Å²) in [6.45, 7) is 0.596. The van der Waals surface area contributed by atoms with E-state index in [1.54, 1.807) is 0 Å². The Kier molecular flexibility index (Phi) is 12.8. The predicted molar refractivity (Wildman–Crippen MR) is 138 cm³/mol. The molecule has 0 aliphatic carbocycles. The average molecular weight is 565 g/mol. The molecule has 0 bridgehead atoms. The zero-order valence-electron chi connectivity index (χ0n) is 21.5. The second-order valence-corrected chi connectivity index (χ2v) is 8.56. The van der Waals surface area contributed by atoms with Crippen LogP contribution in [-0.2, 0) is 27.4 Å². The van der Waals surface area contributed by atoms with Gasteiger partial charge in [0.2, 0.25) is 11.8 Å². The lowest BCUT2D eigenvalue weighted by Gasteiger charge is -2.18. The molecule has 0 spiro atoms. The van der Waals surface area contributed by atoms with Crippen molar-refractivity contribution in [2.24, 2.45) is 11.5 Å². The lowest BCUT2D eigenvalue weighted by atomic mass is 10.0. The highest BCUT2D eigenvalue weighted by Gasteiger charge is 2.38. The van der Waals surface area contributed by atoms with Gasteiger partial charge in [0.1, 0.15) is 18.9 Å². The number of esters is 1. The predicted octanol–water partition coefficient (Wildman–Crippen LogP) is 3.52. The van der Waals surface area contributed by atoms with Crippen molar-refractivity contribution in [3.63, 3.8) is 0 Å². The molecule has 6 N–H and O–H groups in total. The number of nitrogens with zero attached hydrogens (tertiary/aromatic N) is 1. The SMILES string of the molecule is NCCC[C@@H](N)C(=O)N[C@H](CCc1ccccc1)c1nc(C(=O)OCc2ccccc2)co1.O=C(O)C(F)(F)F. The minimum atomic E-state index is -5.08. The smallest absolute Gasteiger partial charge is 0.475 e. The number of oxazole rings is 1. The molecule has 2 atom stereocenters. The third kappa shape index (κ3) is 11.3. The van der Waals surface area contributed by atoms with Gasteiger partial charge in [0.25, 0.3) is 0 Å². The molecule has 0 fully saturated rings. The monoisotopic (exact) mass is 564 g/mol. The van der Waals surface area contributed by atoms with E-state index in [0.29, 0.717) is 32.2 Å². The fourth-order valence-electron chi connectivity index (χ4n) is 3.30. The van der Waals surface area contributed by atoms with Crippen LogP contribution in [0.2, 0.25) is 0 Å². The molecule has 0 radical (unpaired) electrons. The highest BCUT2D eigenvalue weighted by atomic mass is 19.4. The van der Waals surface area contributed by atoms with Crippen LogP contribution in [0.15, 0.2) is 71.3 Å². The van der Waals surface area contributed by atoms with Crippen molar-refractivity contribution in [2.45, 2.75) is 50.6 Å². The number of aryl methyl sites for hydroxylation is 1. The zero-order valence-corrected chi connectivity index (χ0v) is 21.5. The van der Waals surface area contributed by atoms with Gasteiger partial charge in [-0.05, 0) is 43.4 Å². The van der Waals surface area contributed by atoms with Gasteiger partial charge >= 0.3 is 18.1 Å². The number of hydrogen-bond acceptors (Lipinski definition) is 8. The fraction of sp³-hybridized carbons (Fsp3) is 0.333. The molecular weight excluding hydrogens is 533 g/mol. The quantitative estimate of drug-likeness (QED) is 0.240. The molecule has 3 rings (SSSR count). The number of carboxylic acid groups (broad SMARTS) is 1. The molecule has 0 saturated carbocycles. The van der Waals surface area contributed by atoms with E-state index < -0.39 is 30.2 Å². The maximum Gasteiger partial charge on any atom is 0.490 e. The molecule has 1 heterocycles. The standard InChI is InChI=1S/C25H30N4O4.C2HF3O2/c26-15-7-12-20(27)23(30)28-21(14-13-18-8-3-1-4-9-18)24-29-22(17-32-24)25(31)33-16-19-10-5-2-6-11-19;3-2(4,5)1(6)7/h1-6,8-11,17,20-21H,7,12-16,26-27H2,(H,28,30);(H,6,7)/t20-,21-;/m1./s1. The first-order chi connectivity index (χ1) is 19.0. The van der Waals surface area contributed by atoms with Gasteiger partial charge in [-0.3, -0.25) is 4.79 Å². The summed E-state index contributed by atoms with van der Waals surface area (Å²) in [7, 11) is 0. The van der Waals surface area contributed by atoms with Crippen LogP contribution in [0.25, 0.3) is 0 Å². The van der Waals surface area contributed by atoms with Crippen LogP contribution in [0.3, 0.4) is 0 Å². The normalized spacial score (nSPS) is 12.4. The Labute approximate surface area is 228 Å². The number of aromatic nitrogens is 1. The van der Waals surface area contributed by atoms with Crippen LogP contribution in [0.5, 0.6) is 0 Å². The summed E-state index contributed by atoms with van der Waals surface area (Å²) in [6.07, 6.45) is -1.49. The minimum absolute atomic E-state index is 0.0484. The van der Waals surface area contributed by atoms with E-state index in [2.05, 4.69) is 10.3 Å². The number of ether oxygens (including phenoxy) is 1. The minimum Gasteiger partial charge on any atom is -0.475 e. The molecule has 3 aromatic rings. The maximum atomic E-state index is 12.6. The lowest BCUT2D eigenvalue weighted by molar-refractivity contribution is -0.192. The molecule has 10 nitrogen and oxygen atoms in total. The van der Waals surface area contributed by atoms with Gasteiger partial charge in [-0.1, -0.05) is 60.7 Å². The highest BCUT2D eigenvalue weighted by Crippen LogP contribution is 2.20. The fourth-order valence-corrected chi connectivity index (χ4v) is 3.30. The van der Waals surface area contributed by atoms with Crippen molar-refractivity contribution in [1.29, 1.82) is 0 Å². The van der Waals surface area contributed by atoms with Crippen molar-refractivity contribution in [3.05, 3.63) is 89.6 Å². The van der Waals surface area contributed by atoms with Crippen LogP contribution in [0.4, 0.5) is 13.2 Å². The molecule has 216 valence electrons. The maximum absolute atomic E-state index is 12.6. The van der Waals surface area contributed by atoms with E-state index in [0.717, 1.165) is 11.1 Å². The number of nitrogens with two attached hydrogens (primary N) is 2. The number of carbonyl (C=O) groups excluding carboxylic acids is 2. The van der Waals surface area contributed by atoms with Gasteiger partial charge in [0.15, 0.2) is 5.69 Å². The van der Waals surface area contributed by atoms with Gasteiger partial charge in [0.05, 0.1) is 6.04 Å². The molecular formula is C27H31F3N4O6. The van der Waals surface area contributed by atoms with E-state index in [4.69, 9.17) is 30.5 Å². The third-order valence-electron chi connectivity index (χ3n) is 5.42. The summed E-state index contributed by atoms with van der Waals surface area (Å²) in [5.41, 5.74) is 13.5. The highest BCUT2D eigenvalue weighted by molar-refractivity contribution is 5.87. The molecule has 1 amide bonds. The molecule has 40 heavy (non-hydrogen) atoms. The van der Waals surface area contributed by atoms with E-state index in [1.165, 1.54) is 6.26 Å². The lowest BCUT2D eigenvalue weighted by Crippen LogP contribution is -2.42. The van der Waals surface area contributed by atoms with Gasteiger partial charge < -0.3 is 31.0 Å². The number of carbonyl (C=O) groups is 3. The molecule has 0 aliphatic heterocycles. The number of hydrogen-bond donors (Lipinski definition) is 4. The Hall–Kier alpha value is -4.23. The second kappa shape index (κ2) is 16.0. The van der Waals surface area contributed by atoms with Crippen LogP contribution < -0.4 is 16.8 Å². The number of rotatable bonds is 12. The van der Waals surface area contributed by atoms with Crippen molar-refractivity contribution in [2.75, 3.05) is 6.54 Å². The van der Waals surface area contributed by atoms with E-state index in [1.807, 2.05) is 60.7 Å². The summed E-state index contributed by atoms with van der Waals surface area (Å²) in [6, 6.07) is 18.0. The van der Waals surface area contributed by atoms with E-state index >= 15 is 0 Å². The van der Waals surface area contributed by atoms with Gasteiger partial charge in [0, 0.05) is 0 Å². The second-order valence-electron chi connectivity index (χ2n) is 8.56. The third-order valence-corrected chi connectivity index (χ3v) is 5.42. The van der Waals surface area contributed by atoms with Crippen molar-refractivity contribution in [3.8, 4) is 0 Å². The Morgan fingerprint density at radius 2 is 1.57 bits per heavy atom. The van der Waals surface area contributed by atoms with E-state index in [9.17, 15) is 22.8 Å². The van der Waals surface area contributed by atoms with Gasteiger partial charge in [-0.25, -0.2) is 14.6 Å². The van der Waals surface area contributed by atoms with Crippen molar-refractivity contribution < 1.29 is 41.8 Å². The molecule has 1 aromatic heterocycles. The summed E-state index contributed by atoms with van der Waals surface area (Å²) < 4.78 is 42.6. The number of alkyl halides is 3. The number of benzene rings is 2. The number of aliphatic carboxylic acids is 1. The van der Waals surface area contributed by atoms with Crippen LogP contribution in [0.1, 0.15) is 52.8 Å². The van der Waals surface area contributed by atoms with Crippen LogP contribution in [0, 0.1) is 0 Å².